The van der Waals surface area contributed by atoms with E-state index in [-0.39, 0.29) is 12.7 Å². The summed E-state index contributed by atoms with van der Waals surface area (Å²) < 4.78 is 9.90. The SMILES string of the molecule is C=C(C)C(=O)OCC1CCC(O)O1. The molecule has 0 aliphatic carbocycles. The largest absolute Gasteiger partial charge is 0.460 e. The van der Waals surface area contributed by atoms with E-state index in [2.05, 4.69) is 6.58 Å². The maximum atomic E-state index is 10.9. The number of carbonyl (C=O) groups excluding carboxylic acids is 1. The summed E-state index contributed by atoms with van der Waals surface area (Å²) in [4.78, 5) is 10.9. The Morgan fingerprint density at radius 2 is 2.38 bits per heavy atom. The molecular weight excluding hydrogens is 172 g/mol. The van der Waals surface area contributed by atoms with Crippen molar-refractivity contribution >= 4 is 5.97 Å². The first-order chi connectivity index (χ1) is 6.09. The highest BCUT2D eigenvalue weighted by Crippen LogP contribution is 2.17. The van der Waals surface area contributed by atoms with Gasteiger partial charge in [-0.25, -0.2) is 4.79 Å². The zero-order valence-electron chi connectivity index (χ0n) is 7.66. The minimum atomic E-state index is -0.700. The Balaban J connectivity index is 2.20. The summed E-state index contributed by atoms with van der Waals surface area (Å²) in [6, 6.07) is 0. The molecule has 2 atom stereocenters. The third-order valence-electron chi connectivity index (χ3n) is 1.83. The van der Waals surface area contributed by atoms with E-state index in [1.165, 1.54) is 0 Å². The van der Waals surface area contributed by atoms with Crippen LogP contribution in [-0.4, -0.2) is 30.1 Å². The Morgan fingerprint density at radius 3 is 2.85 bits per heavy atom. The van der Waals surface area contributed by atoms with Crippen LogP contribution in [0.2, 0.25) is 0 Å². The van der Waals surface area contributed by atoms with Crippen LogP contribution in [0, 0.1) is 0 Å². The molecule has 1 heterocycles. The summed E-state index contributed by atoms with van der Waals surface area (Å²) in [7, 11) is 0. The molecule has 0 saturated carbocycles. The lowest BCUT2D eigenvalue weighted by molar-refractivity contribution is -0.148. The number of carbonyl (C=O) groups is 1. The lowest BCUT2D eigenvalue weighted by Gasteiger charge is -2.10. The second-order valence-electron chi connectivity index (χ2n) is 3.17. The first kappa shape index (κ1) is 10.2. The molecule has 4 nitrogen and oxygen atoms in total. The molecule has 1 aliphatic heterocycles. The van der Waals surface area contributed by atoms with Crippen LogP contribution in [0.5, 0.6) is 0 Å². The number of rotatable bonds is 3. The average molecular weight is 186 g/mol. The normalized spacial score (nSPS) is 27.2. The third-order valence-corrected chi connectivity index (χ3v) is 1.83. The Labute approximate surface area is 77.1 Å². The average Bonchev–Trinajstić information content (AvgIpc) is 2.47. The van der Waals surface area contributed by atoms with Crippen LogP contribution in [-0.2, 0) is 14.3 Å². The third kappa shape index (κ3) is 3.16. The van der Waals surface area contributed by atoms with E-state index in [0.29, 0.717) is 12.0 Å². The molecule has 0 radical (unpaired) electrons. The zero-order valence-corrected chi connectivity index (χ0v) is 7.66. The van der Waals surface area contributed by atoms with Gasteiger partial charge in [0.1, 0.15) is 6.61 Å². The predicted octanol–water partition coefficient (Wildman–Crippen LogP) is 0.603. The van der Waals surface area contributed by atoms with Crippen molar-refractivity contribution in [2.45, 2.75) is 32.2 Å². The van der Waals surface area contributed by atoms with Gasteiger partial charge in [-0.3, -0.25) is 0 Å². The minimum absolute atomic E-state index is 0.168. The minimum Gasteiger partial charge on any atom is -0.460 e. The molecule has 1 rings (SSSR count). The quantitative estimate of drug-likeness (QED) is 0.518. The van der Waals surface area contributed by atoms with Gasteiger partial charge in [0, 0.05) is 12.0 Å². The number of hydrogen-bond acceptors (Lipinski definition) is 4. The van der Waals surface area contributed by atoms with Crippen molar-refractivity contribution in [3.63, 3.8) is 0 Å². The fourth-order valence-electron chi connectivity index (χ4n) is 1.10. The molecule has 0 aromatic heterocycles. The number of esters is 1. The number of ether oxygens (including phenoxy) is 2. The summed E-state index contributed by atoms with van der Waals surface area (Å²) in [6.45, 7) is 5.24. The Morgan fingerprint density at radius 1 is 1.69 bits per heavy atom. The van der Waals surface area contributed by atoms with Gasteiger partial charge in [0.15, 0.2) is 6.29 Å². The molecule has 74 valence electrons. The topological polar surface area (TPSA) is 55.8 Å². The van der Waals surface area contributed by atoms with Crippen molar-refractivity contribution in [3.05, 3.63) is 12.2 Å². The molecule has 0 bridgehead atoms. The monoisotopic (exact) mass is 186 g/mol. The molecule has 0 amide bonds. The maximum absolute atomic E-state index is 10.9. The lowest BCUT2D eigenvalue weighted by Crippen LogP contribution is -2.19. The number of aliphatic hydroxyl groups excluding tert-OH is 1. The van der Waals surface area contributed by atoms with E-state index in [1.807, 2.05) is 0 Å². The van der Waals surface area contributed by atoms with E-state index in [9.17, 15) is 4.79 Å². The maximum Gasteiger partial charge on any atom is 0.333 e. The Hall–Kier alpha value is -0.870. The molecule has 4 heteroatoms. The van der Waals surface area contributed by atoms with Crippen LogP contribution >= 0.6 is 0 Å². The van der Waals surface area contributed by atoms with Crippen molar-refractivity contribution in [1.82, 2.24) is 0 Å². The van der Waals surface area contributed by atoms with Crippen molar-refractivity contribution in [3.8, 4) is 0 Å². The van der Waals surface area contributed by atoms with Crippen molar-refractivity contribution in [1.29, 1.82) is 0 Å². The highest BCUT2D eigenvalue weighted by Gasteiger charge is 2.24. The summed E-state index contributed by atoms with van der Waals surface area (Å²) in [6.07, 6.45) is 0.465. The van der Waals surface area contributed by atoms with E-state index < -0.39 is 12.3 Å². The van der Waals surface area contributed by atoms with Gasteiger partial charge in [0.05, 0.1) is 6.10 Å². The smallest absolute Gasteiger partial charge is 0.333 e. The summed E-state index contributed by atoms with van der Waals surface area (Å²) in [5.74, 6) is -0.412. The van der Waals surface area contributed by atoms with E-state index in [0.717, 1.165) is 6.42 Å². The molecule has 2 unspecified atom stereocenters. The van der Waals surface area contributed by atoms with Crippen LogP contribution < -0.4 is 0 Å². The standard InChI is InChI=1S/C9H14O4/c1-6(2)9(11)12-5-7-3-4-8(10)13-7/h7-8,10H,1,3-5H2,2H3. The van der Waals surface area contributed by atoms with Gasteiger partial charge in [0.25, 0.3) is 0 Å². The van der Waals surface area contributed by atoms with Crippen molar-refractivity contribution < 1.29 is 19.4 Å². The van der Waals surface area contributed by atoms with Gasteiger partial charge in [0.2, 0.25) is 0 Å². The highest BCUT2D eigenvalue weighted by atomic mass is 16.6. The molecule has 1 N–H and O–H groups in total. The summed E-state index contributed by atoms with van der Waals surface area (Å²) in [5.41, 5.74) is 0.374. The summed E-state index contributed by atoms with van der Waals surface area (Å²) >= 11 is 0. The first-order valence-corrected chi connectivity index (χ1v) is 4.25. The van der Waals surface area contributed by atoms with E-state index in [4.69, 9.17) is 14.6 Å². The fraction of sp³-hybridized carbons (Fsp3) is 0.667. The molecule has 0 aromatic carbocycles. The Bertz CT molecular complexity index is 212. The van der Waals surface area contributed by atoms with Gasteiger partial charge >= 0.3 is 5.97 Å². The number of aliphatic hydroxyl groups is 1. The van der Waals surface area contributed by atoms with Crippen molar-refractivity contribution in [2.75, 3.05) is 6.61 Å². The van der Waals surface area contributed by atoms with E-state index >= 15 is 0 Å². The van der Waals surface area contributed by atoms with Crippen LogP contribution in [0.3, 0.4) is 0 Å². The highest BCUT2D eigenvalue weighted by molar-refractivity contribution is 5.86. The molecule has 0 spiro atoms. The number of hydrogen-bond donors (Lipinski definition) is 1. The van der Waals surface area contributed by atoms with E-state index in [1.54, 1.807) is 6.92 Å². The second-order valence-corrected chi connectivity index (χ2v) is 3.17. The van der Waals surface area contributed by atoms with Gasteiger partial charge in [-0.1, -0.05) is 6.58 Å². The first-order valence-electron chi connectivity index (χ1n) is 4.25. The lowest BCUT2D eigenvalue weighted by atomic mass is 10.2. The van der Waals surface area contributed by atoms with Gasteiger partial charge in [-0.2, -0.15) is 0 Å². The van der Waals surface area contributed by atoms with Gasteiger partial charge in [-0.15, -0.1) is 0 Å². The van der Waals surface area contributed by atoms with Crippen LogP contribution in [0.4, 0.5) is 0 Å². The fourth-order valence-corrected chi connectivity index (χ4v) is 1.10. The second kappa shape index (κ2) is 4.39. The van der Waals surface area contributed by atoms with Crippen LogP contribution in [0.1, 0.15) is 19.8 Å². The van der Waals surface area contributed by atoms with Crippen LogP contribution in [0.15, 0.2) is 12.2 Å². The van der Waals surface area contributed by atoms with Gasteiger partial charge < -0.3 is 14.6 Å². The summed E-state index contributed by atoms with van der Waals surface area (Å²) in [5, 5.41) is 8.99. The molecular formula is C9H14O4. The predicted molar refractivity (Wildman–Crippen MR) is 45.9 cm³/mol. The van der Waals surface area contributed by atoms with Gasteiger partial charge in [-0.05, 0) is 13.3 Å². The van der Waals surface area contributed by atoms with Crippen LogP contribution in [0.25, 0.3) is 0 Å². The molecule has 13 heavy (non-hydrogen) atoms. The zero-order chi connectivity index (χ0) is 9.84. The molecule has 1 saturated heterocycles. The molecule has 1 fully saturated rings. The Kier molecular flexibility index (Phi) is 3.45. The molecule has 0 aromatic rings. The molecule has 1 aliphatic rings. The van der Waals surface area contributed by atoms with Crippen molar-refractivity contribution in [2.24, 2.45) is 0 Å².